The molecule has 6 nitrogen and oxygen atoms in total. The molecule has 1 aromatic heterocycles. The van der Waals surface area contributed by atoms with E-state index in [9.17, 15) is 14.9 Å². The highest BCUT2D eigenvalue weighted by molar-refractivity contribution is 9.10. The largest absolute Gasteiger partial charge is 0.461 e. The average molecular weight is 438 g/mol. The summed E-state index contributed by atoms with van der Waals surface area (Å²) in [5.41, 5.74) is 1.04. The van der Waals surface area contributed by atoms with Crippen molar-refractivity contribution in [1.29, 1.82) is 0 Å². The number of carbonyl (C=O) groups is 1. The van der Waals surface area contributed by atoms with Gasteiger partial charge in [0.25, 0.3) is 0 Å². The summed E-state index contributed by atoms with van der Waals surface area (Å²) in [5.74, 6) is -0.728. The number of aromatic nitrogens is 1. The third kappa shape index (κ3) is 3.45. The Morgan fingerprint density at radius 3 is 2.73 bits per heavy atom. The van der Waals surface area contributed by atoms with Gasteiger partial charge in [-0.15, -0.1) is 0 Å². The molecule has 0 bridgehead atoms. The van der Waals surface area contributed by atoms with Gasteiger partial charge in [0.1, 0.15) is 0 Å². The Morgan fingerprint density at radius 1 is 1.31 bits per heavy atom. The Hall–Kier alpha value is -2.38. The summed E-state index contributed by atoms with van der Waals surface area (Å²) in [7, 11) is 0. The van der Waals surface area contributed by atoms with Gasteiger partial charge in [-0.25, -0.2) is 4.79 Å². The summed E-state index contributed by atoms with van der Waals surface area (Å²) in [4.78, 5) is 23.7. The van der Waals surface area contributed by atoms with Crippen LogP contribution in [0.25, 0.3) is 10.9 Å². The molecule has 0 aliphatic heterocycles. The first-order valence-corrected chi connectivity index (χ1v) is 8.97. The van der Waals surface area contributed by atoms with Gasteiger partial charge in [0.05, 0.1) is 22.4 Å². The van der Waals surface area contributed by atoms with Crippen LogP contribution in [-0.2, 0) is 11.3 Å². The molecule has 0 atom stereocenters. The predicted octanol–water partition coefficient (Wildman–Crippen LogP) is 5.19. The van der Waals surface area contributed by atoms with Crippen molar-refractivity contribution < 1.29 is 14.5 Å². The lowest BCUT2D eigenvalue weighted by atomic mass is 10.2. The molecule has 0 N–H and O–H groups in total. The molecule has 0 fully saturated rings. The van der Waals surface area contributed by atoms with Crippen molar-refractivity contribution >= 4 is 50.1 Å². The minimum Gasteiger partial charge on any atom is -0.461 e. The van der Waals surface area contributed by atoms with E-state index in [0.717, 1.165) is 10.0 Å². The van der Waals surface area contributed by atoms with Crippen molar-refractivity contribution in [3.8, 4) is 0 Å². The molecule has 1 heterocycles. The number of nitro groups is 1. The first-order valence-electron chi connectivity index (χ1n) is 7.80. The van der Waals surface area contributed by atoms with Crippen LogP contribution >= 0.6 is 27.5 Å². The number of hydrogen-bond donors (Lipinski definition) is 0. The van der Waals surface area contributed by atoms with Crippen LogP contribution in [0.5, 0.6) is 0 Å². The third-order valence-electron chi connectivity index (χ3n) is 3.88. The fourth-order valence-electron chi connectivity index (χ4n) is 2.88. The molecule has 0 spiro atoms. The van der Waals surface area contributed by atoms with E-state index in [-0.39, 0.29) is 24.5 Å². The van der Waals surface area contributed by atoms with Gasteiger partial charge in [-0.2, -0.15) is 0 Å². The minimum absolute atomic E-state index is 0.0788. The summed E-state index contributed by atoms with van der Waals surface area (Å²) in [6.45, 7) is 2.03. The van der Waals surface area contributed by atoms with E-state index in [1.807, 2.05) is 6.07 Å². The molecule has 26 heavy (non-hydrogen) atoms. The first kappa shape index (κ1) is 18.4. The van der Waals surface area contributed by atoms with E-state index in [2.05, 4.69) is 15.9 Å². The van der Waals surface area contributed by atoms with Gasteiger partial charge in [-0.3, -0.25) is 10.1 Å². The monoisotopic (exact) mass is 436 g/mol. The minimum atomic E-state index is -0.728. The summed E-state index contributed by atoms with van der Waals surface area (Å²) >= 11 is 9.43. The van der Waals surface area contributed by atoms with Crippen molar-refractivity contribution in [2.24, 2.45) is 0 Å². The quantitative estimate of drug-likeness (QED) is 0.313. The standard InChI is InChI=1S/C18H14BrClN2O4/c1-2-26-18(23)17-16(22(24)25)14-7-6-12(19)9-15(14)21(17)10-11-4-3-5-13(20)8-11/h3-9H,2,10H2,1H3. The van der Waals surface area contributed by atoms with E-state index >= 15 is 0 Å². The van der Waals surface area contributed by atoms with Crippen LogP contribution < -0.4 is 0 Å². The van der Waals surface area contributed by atoms with Gasteiger partial charge in [0.2, 0.25) is 5.69 Å². The van der Waals surface area contributed by atoms with Crippen molar-refractivity contribution in [3.05, 3.63) is 73.3 Å². The average Bonchev–Trinajstić information content (AvgIpc) is 2.89. The van der Waals surface area contributed by atoms with Crippen molar-refractivity contribution in [3.63, 3.8) is 0 Å². The second-order valence-electron chi connectivity index (χ2n) is 5.55. The molecule has 0 radical (unpaired) electrons. The molecule has 2 aromatic carbocycles. The number of halogens is 2. The summed E-state index contributed by atoms with van der Waals surface area (Å²) in [6, 6.07) is 12.2. The van der Waals surface area contributed by atoms with Gasteiger partial charge < -0.3 is 9.30 Å². The first-order chi connectivity index (χ1) is 12.4. The van der Waals surface area contributed by atoms with Crippen LogP contribution in [-0.4, -0.2) is 22.1 Å². The van der Waals surface area contributed by atoms with Crippen molar-refractivity contribution in [2.45, 2.75) is 13.5 Å². The Labute approximate surface area is 162 Å². The lowest BCUT2D eigenvalue weighted by Crippen LogP contribution is -2.14. The highest BCUT2D eigenvalue weighted by atomic mass is 79.9. The van der Waals surface area contributed by atoms with E-state index < -0.39 is 10.9 Å². The normalized spacial score (nSPS) is 10.9. The zero-order valence-corrected chi connectivity index (χ0v) is 16.1. The molecule has 0 saturated heterocycles. The highest BCUT2D eigenvalue weighted by Gasteiger charge is 2.32. The van der Waals surface area contributed by atoms with Gasteiger partial charge in [0, 0.05) is 16.0 Å². The number of hydrogen-bond acceptors (Lipinski definition) is 4. The smallest absolute Gasteiger partial charge is 0.362 e. The van der Waals surface area contributed by atoms with Gasteiger partial charge in [0.15, 0.2) is 0 Å². The number of nitrogens with zero attached hydrogens (tertiary/aromatic N) is 2. The molecule has 134 valence electrons. The molecule has 0 aliphatic rings. The lowest BCUT2D eigenvalue weighted by molar-refractivity contribution is -0.383. The Balaban J connectivity index is 2.30. The molecule has 0 amide bonds. The number of benzene rings is 2. The van der Waals surface area contributed by atoms with Crippen LogP contribution in [0.2, 0.25) is 5.02 Å². The molecule has 3 rings (SSSR count). The van der Waals surface area contributed by atoms with Crippen LogP contribution in [0.1, 0.15) is 23.0 Å². The molecular weight excluding hydrogens is 424 g/mol. The van der Waals surface area contributed by atoms with E-state index in [1.165, 1.54) is 0 Å². The molecular formula is C18H14BrClN2O4. The van der Waals surface area contributed by atoms with Crippen LogP contribution in [0.15, 0.2) is 46.9 Å². The molecule has 0 aliphatic carbocycles. The predicted molar refractivity (Wildman–Crippen MR) is 103 cm³/mol. The second-order valence-corrected chi connectivity index (χ2v) is 6.90. The summed E-state index contributed by atoms with van der Waals surface area (Å²) in [6.07, 6.45) is 0. The van der Waals surface area contributed by atoms with E-state index in [0.29, 0.717) is 15.9 Å². The van der Waals surface area contributed by atoms with Crippen LogP contribution in [0.4, 0.5) is 5.69 Å². The fraction of sp³-hybridized carbons (Fsp3) is 0.167. The zero-order valence-electron chi connectivity index (χ0n) is 13.7. The summed E-state index contributed by atoms with van der Waals surface area (Å²) in [5, 5.41) is 12.6. The van der Waals surface area contributed by atoms with Crippen molar-refractivity contribution in [2.75, 3.05) is 6.61 Å². The maximum absolute atomic E-state index is 12.5. The Kier molecular flexibility index (Phi) is 5.29. The summed E-state index contributed by atoms with van der Waals surface area (Å²) < 4.78 is 7.43. The van der Waals surface area contributed by atoms with Gasteiger partial charge in [-0.05, 0) is 42.8 Å². The van der Waals surface area contributed by atoms with Crippen LogP contribution in [0, 0.1) is 10.1 Å². The Morgan fingerprint density at radius 2 is 2.08 bits per heavy atom. The molecule has 3 aromatic rings. The SMILES string of the molecule is CCOC(=O)c1c([N+](=O)[O-])c2ccc(Br)cc2n1Cc1cccc(Cl)c1. The number of carbonyl (C=O) groups excluding carboxylic acids is 1. The van der Waals surface area contributed by atoms with E-state index in [4.69, 9.17) is 16.3 Å². The number of esters is 1. The molecule has 0 saturated carbocycles. The van der Waals surface area contributed by atoms with Crippen LogP contribution in [0.3, 0.4) is 0 Å². The number of fused-ring (bicyclic) bond motifs is 1. The van der Waals surface area contributed by atoms with Gasteiger partial charge in [-0.1, -0.05) is 39.7 Å². The highest BCUT2D eigenvalue weighted by Crippen LogP contribution is 2.35. The number of rotatable bonds is 5. The Bertz CT molecular complexity index is 1020. The fourth-order valence-corrected chi connectivity index (χ4v) is 3.44. The molecule has 8 heteroatoms. The maximum Gasteiger partial charge on any atom is 0.362 e. The van der Waals surface area contributed by atoms with E-state index in [1.54, 1.807) is 47.9 Å². The van der Waals surface area contributed by atoms with Crippen molar-refractivity contribution in [1.82, 2.24) is 4.57 Å². The number of ether oxygens (including phenoxy) is 1. The zero-order chi connectivity index (χ0) is 18.8. The third-order valence-corrected chi connectivity index (χ3v) is 4.61. The maximum atomic E-state index is 12.5. The second kappa shape index (κ2) is 7.47. The lowest BCUT2D eigenvalue weighted by Gasteiger charge is -2.10. The topological polar surface area (TPSA) is 74.4 Å². The van der Waals surface area contributed by atoms with Gasteiger partial charge >= 0.3 is 11.7 Å². The molecule has 0 unspecified atom stereocenters.